The van der Waals surface area contributed by atoms with E-state index in [4.69, 9.17) is 11.6 Å². The summed E-state index contributed by atoms with van der Waals surface area (Å²) >= 11 is 10.6. The highest BCUT2D eigenvalue weighted by Crippen LogP contribution is 2.32. The van der Waals surface area contributed by atoms with E-state index < -0.39 is 0 Å². The average Bonchev–Trinajstić information content (AvgIpc) is 2.76. The molecule has 0 aliphatic heterocycles. The topological polar surface area (TPSA) is 12.0 Å². The molecular weight excluding hydrogens is 337 g/mol. The molecule has 2 aromatic rings. The van der Waals surface area contributed by atoms with E-state index >= 15 is 0 Å². The van der Waals surface area contributed by atoms with E-state index in [2.05, 4.69) is 21.2 Å². The van der Waals surface area contributed by atoms with Crippen LogP contribution in [0.2, 0.25) is 4.34 Å². The van der Waals surface area contributed by atoms with Crippen LogP contribution in [0.4, 0.5) is 4.39 Å². The van der Waals surface area contributed by atoms with Crippen molar-refractivity contribution in [2.45, 2.75) is 13.0 Å². The van der Waals surface area contributed by atoms with Crippen molar-refractivity contribution in [3.63, 3.8) is 0 Å². The van der Waals surface area contributed by atoms with Gasteiger partial charge in [0.2, 0.25) is 0 Å². The van der Waals surface area contributed by atoms with Crippen LogP contribution in [0.5, 0.6) is 0 Å². The number of benzene rings is 1. The van der Waals surface area contributed by atoms with Gasteiger partial charge in [-0.1, -0.05) is 24.6 Å². The van der Waals surface area contributed by atoms with E-state index in [1.54, 1.807) is 12.1 Å². The van der Waals surface area contributed by atoms with Crippen molar-refractivity contribution in [2.75, 3.05) is 6.54 Å². The highest BCUT2D eigenvalue weighted by atomic mass is 79.9. The molecule has 1 aromatic heterocycles. The lowest BCUT2D eigenvalue weighted by Gasteiger charge is -2.17. The zero-order valence-electron chi connectivity index (χ0n) is 9.71. The lowest BCUT2D eigenvalue weighted by molar-refractivity contribution is 0.602. The lowest BCUT2D eigenvalue weighted by Crippen LogP contribution is -2.21. The molecule has 1 nitrogen and oxygen atoms in total. The minimum absolute atomic E-state index is 0.0184. The first-order chi connectivity index (χ1) is 8.61. The Kier molecular flexibility index (Phi) is 4.78. The summed E-state index contributed by atoms with van der Waals surface area (Å²) in [5, 5.41) is 3.35. The molecule has 0 radical (unpaired) electrons. The Bertz CT molecular complexity index is 544. The summed E-state index contributed by atoms with van der Waals surface area (Å²) in [4.78, 5) is 1.09. The van der Waals surface area contributed by atoms with Gasteiger partial charge < -0.3 is 5.32 Å². The molecule has 1 atom stereocenters. The predicted molar refractivity (Wildman–Crippen MR) is 78.9 cm³/mol. The molecule has 18 heavy (non-hydrogen) atoms. The van der Waals surface area contributed by atoms with E-state index in [9.17, 15) is 4.39 Å². The smallest absolute Gasteiger partial charge is 0.137 e. The fourth-order valence-electron chi connectivity index (χ4n) is 1.76. The molecule has 0 aliphatic carbocycles. The van der Waals surface area contributed by atoms with Gasteiger partial charge in [0.15, 0.2) is 0 Å². The van der Waals surface area contributed by atoms with Crippen LogP contribution in [-0.2, 0) is 0 Å². The van der Waals surface area contributed by atoms with E-state index in [1.165, 1.54) is 11.3 Å². The molecule has 0 spiro atoms. The number of rotatable bonds is 4. The van der Waals surface area contributed by atoms with Crippen molar-refractivity contribution in [3.05, 3.63) is 55.4 Å². The summed E-state index contributed by atoms with van der Waals surface area (Å²) in [7, 11) is 0. The van der Waals surface area contributed by atoms with Crippen molar-refractivity contribution in [3.8, 4) is 0 Å². The lowest BCUT2D eigenvalue weighted by atomic mass is 10.1. The van der Waals surface area contributed by atoms with Crippen LogP contribution in [0.3, 0.4) is 0 Å². The third kappa shape index (κ3) is 3.12. The van der Waals surface area contributed by atoms with E-state index in [-0.39, 0.29) is 11.9 Å². The SMILES string of the molecule is CCNC(c1ccc(Br)c(F)c1)c1ccc(Cl)s1. The van der Waals surface area contributed by atoms with E-state index in [1.807, 2.05) is 25.1 Å². The Balaban J connectivity index is 2.37. The van der Waals surface area contributed by atoms with Crippen molar-refractivity contribution < 1.29 is 4.39 Å². The summed E-state index contributed by atoms with van der Waals surface area (Å²) in [5.41, 5.74) is 0.899. The molecule has 0 fully saturated rings. The van der Waals surface area contributed by atoms with Gasteiger partial charge in [-0.2, -0.15) is 0 Å². The number of halogens is 3. The fraction of sp³-hybridized carbons (Fsp3) is 0.231. The average molecular weight is 349 g/mol. The Labute approximate surface area is 123 Å². The van der Waals surface area contributed by atoms with Crippen molar-refractivity contribution in [2.24, 2.45) is 0 Å². The number of nitrogens with one attached hydrogen (secondary N) is 1. The van der Waals surface area contributed by atoms with Gasteiger partial charge in [-0.15, -0.1) is 11.3 Å². The zero-order chi connectivity index (χ0) is 13.1. The Morgan fingerprint density at radius 3 is 2.72 bits per heavy atom. The Morgan fingerprint density at radius 2 is 2.17 bits per heavy atom. The fourth-order valence-corrected chi connectivity index (χ4v) is 3.17. The molecule has 2 rings (SSSR count). The maximum Gasteiger partial charge on any atom is 0.137 e. The van der Waals surface area contributed by atoms with E-state index in [0.29, 0.717) is 4.47 Å². The van der Waals surface area contributed by atoms with Gasteiger partial charge in [0, 0.05) is 4.88 Å². The van der Waals surface area contributed by atoms with Gasteiger partial charge in [-0.3, -0.25) is 0 Å². The van der Waals surface area contributed by atoms with Gasteiger partial charge in [0.05, 0.1) is 14.9 Å². The van der Waals surface area contributed by atoms with Crippen LogP contribution < -0.4 is 5.32 Å². The maximum absolute atomic E-state index is 13.6. The highest BCUT2D eigenvalue weighted by Gasteiger charge is 2.16. The first kappa shape index (κ1) is 14.0. The largest absolute Gasteiger partial charge is 0.306 e. The minimum Gasteiger partial charge on any atom is -0.306 e. The molecular formula is C13H12BrClFNS. The standard InChI is InChI=1S/C13H12BrClFNS/c1-2-17-13(11-5-6-12(15)18-11)8-3-4-9(14)10(16)7-8/h3-7,13,17H,2H2,1H3. The summed E-state index contributed by atoms with van der Waals surface area (Å²) in [6.07, 6.45) is 0. The second-order valence-corrected chi connectivity index (χ2v) is 6.41. The van der Waals surface area contributed by atoms with Crippen LogP contribution in [-0.4, -0.2) is 6.54 Å². The van der Waals surface area contributed by atoms with Crippen LogP contribution in [0.15, 0.2) is 34.8 Å². The van der Waals surface area contributed by atoms with Crippen molar-refractivity contribution in [1.82, 2.24) is 5.32 Å². The van der Waals surface area contributed by atoms with Crippen molar-refractivity contribution >= 4 is 38.9 Å². The molecule has 1 N–H and O–H groups in total. The normalized spacial score (nSPS) is 12.7. The molecule has 0 saturated heterocycles. The molecule has 1 heterocycles. The molecule has 1 unspecified atom stereocenters. The number of thiophene rings is 1. The first-order valence-corrected chi connectivity index (χ1v) is 7.54. The zero-order valence-corrected chi connectivity index (χ0v) is 12.9. The monoisotopic (exact) mass is 347 g/mol. The molecule has 0 bridgehead atoms. The highest BCUT2D eigenvalue weighted by molar-refractivity contribution is 9.10. The summed E-state index contributed by atoms with van der Waals surface area (Å²) < 4.78 is 14.8. The second kappa shape index (κ2) is 6.15. The number of hydrogen-bond donors (Lipinski definition) is 1. The quantitative estimate of drug-likeness (QED) is 0.819. The first-order valence-electron chi connectivity index (χ1n) is 5.55. The molecule has 96 valence electrons. The molecule has 0 aliphatic rings. The van der Waals surface area contributed by atoms with E-state index in [0.717, 1.165) is 21.3 Å². The van der Waals surface area contributed by atoms with Crippen LogP contribution in [0.25, 0.3) is 0 Å². The minimum atomic E-state index is -0.252. The van der Waals surface area contributed by atoms with Gasteiger partial charge in [0.25, 0.3) is 0 Å². The van der Waals surface area contributed by atoms with Gasteiger partial charge >= 0.3 is 0 Å². The summed E-state index contributed by atoms with van der Waals surface area (Å²) in [6.45, 7) is 2.83. The molecule has 5 heteroatoms. The van der Waals surface area contributed by atoms with Crippen LogP contribution >= 0.6 is 38.9 Å². The Hall–Kier alpha value is -0.420. The maximum atomic E-state index is 13.6. The number of hydrogen-bond acceptors (Lipinski definition) is 2. The van der Waals surface area contributed by atoms with Crippen LogP contribution in [0, 0.1) is 5.82 Å². The molecule has 0 saturated carbocycles. The summed E-state index contributed by atoms with van der Waals surface area (Å²) in [6, 6.07) is 9.00. The van der Waals surface area contributed by atoms with Gasteiger partial charge in [0.1, 0.15) is 5.82 Å². The van der Waals surface area contributed by atoms with Gasteiger partial charge in [-0.05, 0) is 52.3 Å². The van der Waals surface area contributed by atoms with Crippen LogP contribution in [0.1, 0.15) is 23.4 Å². The van der Waals surface area contributed by atoms with Crippen molar-refractivity contribution in [1.29, 1.82) is 0 Å². The summed E-state index contributed by atoms with van der Waals surface area (Å²) in [5.74, 6) is -0.252. The third-order valence-corrected chi connectivity index (χ3v) is 4.50. The van der Waals surface area contributed by atoms with Gasteiger partial charge in [-0.25, -0.2) is 4.39 Å². The predicted octanol–water partition coefficient (Wildman–Crippen LogP) is 5.00. The Morgan fingerprint density at radius 1 is 1.39 bits per heavy atom. The second-order valence-electron chi connectivity index (χ2n) is 3.81. The third-order valence-electron chi connectivity index (χ3n) is 2.56. The molecule has 0 amide bonds. The molecule has 1 aromatic carbocycles.